The molecule has 0 aliphatic heterocycles. The number of aliphatic hydroxyl groups is 1. The van der Waals surface area contributed by atoms with E-state index in [2.05, 4.69) is 9.97 Å². The van der Waals surface area contributed by atoms with Crippen molar-refractivity contribution in [1.82, 2.24) is 18.8 Å². The highest BCUT2D eigenvalue weighted by Crippen LogP contribution is 2.39. The molecule has 10 heteroatoms. The minimum absolute atomic E-state index is 0.0364. The molecule has 4 rings (SSSR count). The summed E-state index contributed by atoms with van der Waals surface area (Å²) in [6.45, 7) is 9.06. The van der Waals surface area contributed by atoms with E-state index in [-0.39, 0.29) is 45.6 Å². The van der Waals surface area contributed by atoms with Crippen LogP contribution in [-0.2, 0) is 15.6 Å². The van der Waals surface area contributed by atoms with Gasteiger partial charge in [0.1, 0.15) is 11.2 Å². The van der Waals surface area contributed by atoms with Gasteiger partial charge in [0.05, 0.1) is 23.2 Å². The predicted octanol–water partition coefficient (Wildman–Crippen LogP) is 4.19. The lowest BCUT2D eigenvalue weighted by atomic mass is 9.88. The van der Waals surface area contributed by atoms with Crippen molar-refractivity contribution in [3.63, 3.8) is 0 Å². The maximum absolute atomic E-state index is 14.0. The SMILES string of the molecule is COc1nccc(C(C)(O)c2cc3cnccc3n2S(=O)(=O)c2ccccc2)c1C(=O)N(C(C)C)C(C)C. The third-order valence-electron chi connectivity index (χ3n) is 6.53. The average molecular weight is 537 g/mol. The molecule has 0 aliphatic carbocycles. The lowest BCUT2D eigenvalue weighted by molar-refractivity contribution is 0.0610. The van der Waals surface area contributed by atoms with Gasteiger partial charge in [-0.1, -0.05) is 18.2 Å². The second kappa shape index (κ2) is 10.2. The number of carbonyl (C=O) groups is 1. The van der Waals surface area contributed by atoms with Gasteiger partial charge in [-0.05, 0) is 65.0 Å². The zero-order valence-electron chi connectivity index (χ0n) is 22.3. The molecule has 0 radical (unpaired) electrons. The summed E-state index contributed by atoms with van der Waals surface area (Å²) in [6, 6.07) is 12.4. The van der Waals surface area contributed by atoms with Crippen LogP contribution in [0.25, 0.3) is 10.9 Å². The van der Waals surface area contributed by atoms with Crippen molar-refractivity contribution >= 4 is 26.8 Å². The van der Waals surface area contributed by atoms with Crippen LogP contribution in [0.15, 0.2) is 72.0 Å². The Morgan fingerprint density at radius 2 is 1.71 bits per heavy atom. The normalized spacial score (nSPS) is 13.6. The molecule has 4 aromatic rings. The Labute approximate surface area is 222 Å². The Morgan fingerprint density at radius 1 is 1.05 bits per heavy atom. The lowest BCUT2D eigenvalue weighted by Gasteiger charge is -2.34. The third-order valence-corrected chi connectivity index (χ3v) is 8.27. The first kappa shape index (κ1) is 27.3. The molecule has 38 heavy (non-hydrogen) atoms. The van der Waals surface area contributed by atoms with Gasteiger partial charge in [0.2, 0.25) is 5.88 Å². The number of fused-ring (bicyclic) bond motifs is 1. The lowest BCUT2D eigenvalue weighted by Crippen LogP contribution is -2.43. The summed E-state index contributed by atoms with van der Waals surface area (Å²) in [5.41, 5.74) is -1.33. The Balaban J connectivity index is 2.04. The van der Waals surface area contributed by atoms with Gasteiger partial charge in [0.25, 0.3) is 15.9 Å². The van der Waals surface area contributed by atoms with Crippen molar-refractivity contribution in [3.05, 3.63) is 83.9 Å². The number of rotatable bonds is 8. The first-order valence-corrected chi connectivity index (χ1v) is 13.7. The summed E-state index contributed by atoms with van der Waals surface area (Å²) < 4.78 is 34.5. The summed E-state index contributed by atoms with van der Waals surface area (Å²) >= 11 is 0. The van der Waals surface area contributed by atoms with Gasteiger partial charge in [0, 0.05) is 41.6 Å². The smallest absolute Gasteiger partial charge is 0.268 e. The molecule has 3 aromatic heterocycles. The minimum atomic E-state index is -4.15. The Morgan fingerprint density at radius 3 is 2.32 bits per heavy atom. The molecule has 1 unspecified atom stereocenters. The number of amides is 1. The molecular formula is C28H32N4O5S. The number of ether oxygens (including phenoxy) is 1. The van der Waals surface area contributed by atoms with Gasteiger partial charge >= 0.3 is 0 Å². The van der Waals surface area contributed by atoms with Gasteiger partial charge < -0.3 is 14.7 Å². The average Bonchev–Trinajstić information content (AvgIpc) is 3.29. The van der Waals surface area contributed by atoms with E-state index in [9.17, 15) is 18.3 Å². The molecule has 1 aromatic carbocycles. The zero-order chi connectivity index (χ0) is 27.8. The van der Waals surface area contributed by atoms with Crippen LogP contribution in [0.1, 0.15) is 56.2 Å². The van der Waals surface area contributed by atoms with Crippen LogP contribution in [0.4, 0.5) is 0 Å². The number of nitrogens with zero attached hydrogens (tertiary/aromatic N) is 4. The molecule has 0 fully saturated rings. The molecule has 9 nitrogen and oxygen atoms in total. The number of carbonyl (C=O) groups excluding carboxylic acids is 1. The van der Waals surface area contributed by atoms with Crippen molar-refractivity contribution in [2.45, 2.75) is 57.2 Å². The molecule has 0 bridgehead atoms. The largest absolute Gasteiger partial charge is 0.480 e. The van der Waals surface area contributed by atoms with E-state index in [1.165, 1.54) is 50.8 Å². The second-order valence-electron chi connectivity index (χ2n) is 9.76. The van der Waals surface area contributed by atoms with E-state index >= 15 is 0 Å². The Kier molecular flexibility index (Phi) is 7.31. The number of aromatic nitrogens is 3. The summed E-state index contributed by atoms with van der Waals surface area (Å²) in [5.74, 6) is -0.347. The summed E-state index contributed by atoms with van der Waals surface area (Å²) in [5, 5.41) is 12.7. The fraction of sp³-hybridized carbons (Fsp3) is 0.321. The molecule has 200 valence electrons. The summed E-state index contributed by atoms with van der Waals surface area (Å²) in [6.07, 6.45) is 4.45. The molecule has 0 aliphatic rings. The van der Waals surface area contributed by atoms with E-state index in [1.54, 1.807) is 35.2 Å². The van der Waals surface area contributed by atoms with E-state index in [0.29, 0.717) is 10.9 Å². The third kappa shape index (κ3) is 4.54. The number of hydrogen-bond acceptors (Lipinski definition) is 7. The molecular weight excluding hydrogens is 504 g/mol. The molecule has 1 N–H and O–H groups in total. The van der Waals surface area contributed by atoms with Crippen LogP contribution >= 0.6 is 0 Å². The van der Waals surface area contributed by atoms with E-state index in [0.717, 1.165) is 3.97 Å². The van der Waals surface area contributed by atoms with Crippen LogP contribution in [0.3, 0.4) is 0 Å². The maximum Gasteiger partial charge on any atom is 0.268 e. The number of methoxy groups -OCH3 is 1. The Hall–Kier alpha value is -3.76. The van der Waals surface area contributed by atoms with Gasteiger partial charge in [-0.2, -0.15) is 0 Å². The quantitative estimate of drug-likeness (QED) is 0.359. The fourth-order valence-electron chi connectivity index (χ4n) is 4.87. The number of hydrogen-bond donors (Lipinski definition) is 1. The van der Waals surface area contributed by atoms with Crippen LogP contribution in [0.5, 0.6) is 5.88 Å². The topological polar surface area (TPSA) is 115 Å². The second-order valence-corrected chi connectivity index (χ2v) is 11.5. The first-order chi connectivity index (χ1) is 17.9. The van der Waals surface area contributed by atoms with Crippen LogP contribution in [-0.4, -0.2) is 57.5 Å². The first-order valence-electron chi connectivity index (χ1n) is 12.3. The highest BCUT2D eigenvalue weighted by Gasteiger charge is 2.40. The molecule has 1 atom stereocenters. The van der Waals surface area contributed by atoms with E-state index < -0.39 is 15.6 Å². The van der Waals surface area contributed by atoms with E-state index in [4.69, 9.17) is 4.74 Å². The van der Waals surface area contributed by atoms with Crippen LogP contribution in [0.2, 0.25) is 0 Å². The molecule has 0 saturated heterocycles. The predicted molar refractivity (Wildman–Crippen MR) is 145 cm³/mol. The minimum Gasteiger partial charge on any atom is -0.480 e. The van der Waals surface area contributed by atoms with Gasteiger partial charge in [-0.25, -0.2) is 17.4 Å². The van der Waals surface area contributed by atoms with Crippen molar-refractivity contribution < 1.29 is 23.1 Å². The van der Waals surface area contributed by atoms with Gasteiger partial charge in [-0.15, -0.1) is 0 Å². The molecule has 3 heterocycles. The zero-order valence-corrected chi connectivity index (χ0v) is 23.1. The fourth-order valence-corrected chi connectivity index (χ4v) is 6.49. The molecule has 0 spiro atoms. The van der Waals surface area contributed by atoms with Crippen LogP contribution < -0.4 is 4.74 Å². The molecule has 1 amide bonds. The maximum atomic E-state index is 14.0. The van der Waals surface area contributed by atoms with Crippen molar-refractivity contribution in [1.29, 1.82) is 0 Å². The monoisotopic (exact) mass is 536 g/mol. The number of benzene rings is 1. The standard InChI is InChI=1S/C28H32N4O5S/c1-18(2)31(19(3)4)27(33)25-22(12-15-30-26(25)37-6)28(5,34)24-16-20-17-29-14-13-23(20)32(24)38(35,36)21-10-8-7-9-11-21/h7-19,34H,1-6H3. The van der Waals surface area contributed by atoms with Crippen molar-refractivity contribution in [3.8, 4) is 5.88 Å². The summed E-state index contributed by atoms with van der Waals surface area (Å²) in [7, 11) is -2.75. The van der Waals surface area contributed by atoms with Crippen LogP contribution in [0, 0.1) is 0 Å². The highest BCUT2D eigenvalue weighted by molar-refractivity contribution is 7.90. The van der Waals surface area contributed by atoms with Gasteiger partial charge in [-0.3, -0.25) is 9.78 Å². The van der Waals surface area contributed by atoms with Crippen molar-refractivity contribution in [2.75, 3.05) is 7.11 Å². The highest BCUT2D eigenvalue weighted by atomic mass is 32.2. The number of pyridine rings is 2. The summed E-state index contributed by atoms with van der Waals surface area (Å²) in [4.78, 5) is 24.0. The Bertz CT molecular complexity index is 1570. The van der Waals surface area contributed by atoms with E-state index in [1.807, 2.05) is 27.7 Å². The van der Waals surface area contributed by atoms with Gasteiger partial charge in [0.15, 0.2) is 0 Å². The molecule has 0 saturated carbocycles. The van der Waals surface area contributed by atoms with Crippen molar-refractivity contribution in [2.24, 2.45) is 0 Å².